The van der Waals surface area contributed by atoms with Crippen molar-refractivity contribution < 1.29 is 14.3 Å². The number of likely N-dealkylation sites (N-methyl/N-ethyl adjacent to an activating group) is 1. The first kappa shape index (κ1) is 19.0. The summed E-state index contributed by atoms with van der Waals surface area (Å²) in [6, 6.07) is 4.86. The molecule has 0 aromatic heterocycles. The zero-order valence-electron chi connectivity index (χ0n) is 13.5. The molecule has 1 aliphatic rings. The van der Waals surface area contributed by atoms with Gasteiger partial charge < -0.3 is 15.4 Å². The van der Waals surface area contributed by atoms with Gasteiger partial charge >= 0.3 is 0 Å². The molecular formula is C16H21Cl2N3O3. The Hall–Kier alpha value is -1.34. The van der Waals surface area contributed by atoms with Crippen LogP contribution in [0.1, 0.15) is 12.8 Å². The Balaban J connectivity index is 1.70. The predicted molar refractivity (Wildman–Crippen MR) is 94.6 cm³/mol. The van der Waals surface area contributed by atoms with Gasteiger partial charge in [-0.1, -0.05) is 23.2 Å². The van der Waals surface area contributed by atoms with Gasteiger partial charge in [0.15, 0.2) is 0 Å². The van der Waals surface area contributed by atoms with Crippen LogP contribution in [0.25, 0.3) is 0 Å². The van der Waals surface area contributed by atoms with E-state index in [-0.39, 0.29) is 31.0 Å². The van der Waals surface area contributed by atoms with Gasteiger partial charge in [0.1, 0.15) is 0 Å². The summed E-state index contributed by atoms with van der Waals surface area (Å²) in [6.45, 7) is 1.51. The fraction of sp³-hybridized carbons (Fsp3) is 0.500. The van der Waals surface area contributed by atoms with E-state index in [0.29, 0.717) is 22.3 Å². The summed E-state index contributed by atoms with van der Waals surface area (Å²) >= 11 is 11.7. The monoisotopic (exact) mass is 373 g/mol. The smallest absolute Gasteiger partial charge is 0.238 e. The van der Waals surface area contributed by atoms with Crippen molar-refractivity contribution in [1.82, 2.24) is 10.2 Å². The Morgan fingerprint density at radius 1 is 1.25 bits per heavy atom. The molecule has 0 aliphatic carbocycles. The lowest BCUT2D eigenvalue weighted by atomic mass is 10.2. The molecule has 0 unspecified atom stereocenters. The lowest BCUT2D eigenvalue weighted by Gasteiger charge is -2.17. The Bertz CT molecular complexity index is 592. The zero-order chi connectivity index (χ0) is 17.5. The minimum Gasteiger partial charge on any atom is -0.376 e. The van der Waals surface area contributed by atoms with E-state index in [4.69, 9.17) is 27.9 Å². The first-order chi connectivity index (χ1) is 11.4. The van der Waals surface area contributed by atoms with E-state index in [1.54, 1.807) is 30.1 Å². The Labute approximate surface area is 151 Å². The van der Waals surface area contributed by atoms with Crippen LogP contribution < -0.4 is 10.6 Å². The highest BCUT2D eigenvalue weighted by molar-refractivity contribution is 6.42. The van der Waals surface area contributed by atoms with Gasteiger partial charge in [-0.25, -0.2) is 0 Å². The molecule has 0 radical (unpaired) electrons. The first-order valence-electron chi connectivity index (χ1n) is 7.76. The lowest BCUT2D eigenvalue weighted by Crippen LogP contribution is -2.41. The fourth-order valence-electron chi connectivity index (χ4n) is 2.41. The molecule has 1 heterocycles. The van der Waals surface area contributed by atoms with Crippen LogP contribution in [-0.2, 0) is 14.3 Å². The second kappa shape index (κ2) is 9.22. The number of nitrogens with zero attached hydrogens (tertiary/aromatic N) is 1. The van der Waals surface area contributed by atoms with Gasteiger partial charge in [0, 0.05) is 18.8 Å². The molecule has 2 rings (SSSR count). The SMILES string of the molecule is CN(CC(=O)NC[C@H]1CCCO1)CC(=O)Nc1ccc(Cl)c(Cl)c1. The van der Waals surface area contributed by atoms with Gasteiger partial charge in [-0.2, -0.15) is 0 Å². The Kier molecular flexibility index (Phi) is 7.30. The predicted octanol–water partition coefficient (Wildman–Crippen LogP) is 2.16. The maximum Gasteiger partial charge on any atom is 0.238 e. The second-order valence-corrected chi connectivity index (χ2v) is 6.60. The molecule has 24 heavy (non-hydrogen) atoms. The largest absolute Gasteiger partial charge is 0.376 e. The van der Waals surface area contributed by atoms with Gasteiger partial charge in [0.2, 0.25) is 11.8 Å². The van der Waals surface area contributed by atoms with Crippen molar-refractivity contribution in [3.8, 4) is 0 Å². The molecule has 2 N–H and O–H groups in total. The third kappa shape index (κ3) is 6.28. The normalized spacial score (nSPS) is 17.1. The Morgan fingerprint density at radius 3 is 2.67 bits per heavy atom. The molecule has 132 valence electrons. The summed E-state index contributed by atoms with van der Waals surface area (Å²) in [4.78, 5) is 25.5. The van der Waals surface area contributed by atoms with Crippen molar-refractivity contribution >= 4 is 40.7 Å². The van der Waals surface area contributed by atoms with Gasteiger partial charge in [-0.15, -0.1) is 0 Å². The molecular weight excluding hydrogens is 353 g/mol. The number of nitrogens with one attached hydrogen (secondary N) is 2. The fourth-order valence-corrected chi connectivity index (χ4v) is 2.71. The van der Waals surface area contributed by atoms with Crippen molar-refractivity contribution in [3.05, 3.63) is 28.2 Å². The number of halogens is 2. The number of anilines is 1. The van der Waals surface area contributed by atoms with E-state index in [0.717, 1.165) is 19.4 Å². The first-order valence-corrected chi connectivity index (χ1v) is 8.51. The van der Waals surface area contributed by atoms with E-state index in [2.05, 4.69) is 10.6 Å². The molecule has 1 saturated heterocycles. The number of hydrogen-bond acceptors (Lipinski definition) is 4. The number of hydrogen-bond donors (Lipinski definition) is 2. The average Bonchev–Trinajstić information content (AvgIpc) is 3.02. The van der Waals surface area contributed by atoms with Crippen LogP contribution in [0, 0.1) is 0 Å². The lowest BCUT2D eigenvalue weighted by molar-refractivity contribution is -0.123. The van der Waals surface area contributed by atoms with Crippen LogP contribution in [0.4, 0.5) is 5.69 Å². The summed E-state index contributed by atoms with van der Waals surface area (Å²) in [5, 5.41) is 6.34. The van der Waals surface area contributed by atoms with Crippen LogP contribution >= 0.6 is 23.2 Å². The molecule has 6 nitrogen and oxygen atoms in total. The molecule has 1 aromatic carbocycles. The topological polar surface area (TPSA) is 70.7 Å². The van der Waals surface area contributed by atoms with Gasteiger partial charge in [0.05, 0.1) is 29.2 Å². The van der Waals surface area contributed by atoms with E-state index in [9.17, 15) is 9.59 Å². The van der Waals surface area contributed by atoms with Crippen molar-refractivity contribution in [2.24, 2.45) is 0 Å². The van der Waals surface area contributed by atoms with Crippen LogP contribution in [0.2, 0.25) is 10.0 Å². The van der Waals surface area contributed by atoms with E-state index in [1.165, 1.54) is 0 Å². The maximum absolute atomic E-state index is 12.0. The number of ether oxygens (including phenoxy) is 1. The molecule has 8 heteroatoms. The highest BCUT2D eigenvalue weighted by Crippen LogP contribution is 2.24. The van der Waals surface area contributed by atoms with Crippen molar-refractivity contribution in [2.75, 3.05) is 38.6 Å². The summed E-state index contributed by atoms with van der Waals surface area (Å²) < 4.78 is 5.44. The molecule has 1 fully saturated rings. The molecule has 0 saturated carbocycles. The highest BCUT2D eigenvalue weighted by atomic mass is 35.5. The van der Waals surface area contributed by atoms with E-state index >= 15 is 0 Å². The zero-order valence-corrected chi connectivity index (χ0v) is 15.0. The number of benzene rings is 1. The standard InChI is InChI=1S/C16H21Cl2N3O3/c1-21(9-15(22)19-8-12-3-2-6-24-12)10-16(23)20-11-4-5-13(17)14(18)7-11/h4-5,7,12H,2-3,6,8-10H2,1H3,(H,19,22)(H,20,23)/t12-/m1/s1. The molecule has 1 atom stereocenters. The number of amides is 2. The third-order valence-corrected chi connectivity index (χ3v) is 4.32. The maximum atomic E-state index is 12.0. The quantitative estimate of drug-likeness (QED) is 0.768. The highest BCUT2D eigenvalue weighted by Gasteiger charge is 2.17. The Morgan fingerprint density at radius 2 is 2.00 bits per heavy atom. The number of rotatable bonds is 7. The van der Waals surface area contributed by atoms with E-state index < -0.39 is 0 Å². The molecule has 0 bridgehead atoms. The van der Waals surface area contributed by atoms with Gasteiger partial charge in [0.25, 0.3) is 0 Å². The molecule has 1 aliphatic heterocycles. The van der Waals surface area contributed by atoms with Crippen molar-refractivity contribution in [3.63, 3.8) is 0 Å². The van der Waals surface area contributed by atoms with Crippen LogP contribution in [0.15, 0.2) is 18.2 Å². The molecule has 0 spiro atoms. The molecule has 2 amide bonds. The van der Waals surface area contributed by atoms with Crippen LogP contribution in [0.3, 0.4) is 0 Å². The van der Waals surface area contributed by atoms with Crippen molar-refractivity contribution in [2.45, 2.75) is 18.9 Å². The second-order valence-electron chi connectivity index (χ2n) is 5.79. The summed E-state index contributed by atoms with van der Waals surface area (Å²) in [6.07, 6.45) is 2.12. The van der Waals surface area contributed by atoms with Crippen LogP contribution in [0.5, 0.6) is 0 Å². The van der Waals surface area contributed by atoms with Crippen molar-refractivity contribution in [1.29, 1.82) is 0 Å². The van der Waals surface area contributed by atoms with E-state index in [1.807, 2.05) is 0 Å². The molecule has 1 aromatic rings. The van der Waals surface area contributed by atoms with Gasteiger partial charge in [-0.05, 0) is 38.1 Å². The number of carbonyl (C=O) groups excluding carboxylic acids is 2. The summed E-state index contributed by atoms with van der Waals surface area (Å²) in [5.74, 6) is -0.363. The number of carbonyl (C=O) groups is 2. The van der Waals surface area contributed by atoms with Crippen LogP contribution in [-0.4, -0.2) is 56.1 Å². The summed E-state index contributed by atoms with van der Waals surface area (Å²) in [5.41, 5.74) is 0.561. The van der Waals surface area contributed by atoms with Gasteiger partial charge in [-0.3, -0.25) is 14.5 Å². The minimum atomic E-state index is -0.234. The minimum absolute atomic E-state index is 0.0909. The summed E-state index contributed by atoms with van der Waals surface area (Å²) in [7, 11) is 1.71. The average molecular weight is 374 g/mol. The third-order valence-electron chi connectivity index (χ3n) is 3.58.